The molecule has 0 aliphatic carbocycles. The van der Waals surface area contributed by atoms with Gasteiger partial charge in [0.25, 0.3) is 5.95 Å². The van der Waals surface area contributed by atoms with Gasteiger partial charge in [-0.3, -0.25) is 0 Å². The van der Waals surface area contributed by atoms with Crippen LogP contribution in [0.3, 0.4) is 0 Å². The molecule has 2 aromatic rings. The van der Waals surface area contributed by atoms with Gasteiger partial charge < -0.3 is 10.6 Å². The first-order valence-corrected chi connectivity index (χ1v) is 7.60. The van der Waals surface area contributed by atoms with E-state index in [4.69, 9.17) is 5.73 Å². The van der Waals surface area contributed by atoms with Gasteiger partial charge in [-0.25, -0.2) is 4.68 Å². The lowest BCUT2D eigenvalue weighted by atomic mass is 10.2. The molecule has 1 fully saturated rings. The summed E-state index contributed by atoms with van der Waals surface area (Å²) in [7, 11) is 0. The quantitative estimate of drug-likeness (QED) is 0.882. The lowest BCUT2D eigenvalue weighted by Gasteiger charge is -2.37. The summed E-state index contributed by atoms with van der Waals surface area (Å²) >= 11 is 1.97. The molecular weight excluding hydrogens is 274 g/mol. The van der Waals surface area contributed by atoms with E-state index >= 15 is 0 Å². The van der Waals surface area contributed by atoms with E-state index in [0.717, 1.165) is 12.3 Å². The molecule has 1 saturated heterocycles. The summed E-state index contributed by atoms with van der Waals surface area (Å²) in [6.07, 6.45) is 3.47. The molecule has 8 heteroatoms. The van der Waals surface area contributed by atoms with E-state index in [0.29, 0.717) is 23.2 Å². The Morgan fingerprint density at radius 2 is 2.05 bits per heavy atom. The zero-order chi connectivity index (χ0) is 14.1. The third kappa shape index (κ3) is 2.43. The van der Waals surface area contributed by atoms with Crippen LogP contribution in [0.2, 0.25) is 0 Å². The highest BCUT2D eigenvalue weighted by atomic mass is 32.2. The Kier molecular flexibility index (Phi) is 3.47. The number of rotatable bonds is 2. The van der Waals surface area contributed by atoms with Gasteiger partial charge in [-0.05, 0) is 13.0 Å². The Labute approximate surface area is 121 Å². The summed E-state index contributed by atoms with van der Waals surface area (Å²) in [4.78, 5) is 15.1. The topological polar surface area (TPSA) is 85.8 Å². The SMILES string of the molecule is CC1SCCN(c2nc(N)nc(-n3cccn3)n2)C1C. The van der Waals surface area contributed by atoms with Crippen molar-refractivity contribution in [1.29, 1.82) is 0 Å². The van der Waals surface area contributed by atoms with E-state index in [2.05, 4.69) is 38.8 Å². The second-order valence-corrected chi connectivity index (χ2v) is 6.24. The van der Waals surface area contributed by atoms with Crippen molar-refractivity contribution >= 4 is 23.7 Å². The molecule has 106 valence electrons. The molecular formula is C12H17N7S. The molecule has 0 radical (unpaired) electrons. The minimum Gasteiger partial charge on any atom is -0.368 e. The predicted octanol–water partition coefficient (Wildman–Crippen LogP) is 0.970. The van der Waals surface area contributed by atoms with Crippen LogP contribution in [0.25, 0.3) is 5.95 Å². The van der Waals surface area contributed by atoms with Crippen molar-refractivity contribution in [3.8, 4) is 5.95 Å². The molecule has 0 amide bonds. The molecule has 2 aromatic heterocycles. The highest BCUT2D eigenvalue weighted by molar-refractivity contribution is 8.00. The van der Waals surface area contributed by atoms with E-state index in [1.807, 2.05) is 17.8 Å². The molecule has 0 saturated carbocycles. The number of nitrogen functional groups attached to an aromatic ring is 1. The van der Waals surface area contributed by atoms with Crippen molar-refractivity contribution in [3.05, 3.63) is 18.5 Å². The van der Waals surface area contributed by atoms with Gasteiger partial charge in [-0.2, -0.15) is 31.8 Å². The fourth-order valence-corrected chi connectivity index (χ4v) is 3.30. The van der Waals surface area contributed by atoms with Crippen LogP contribution < -0.4 is 10.6 Å². The molecule has 2 N–H and O–H groups in total. The second-order valence-electron chi connectivity index (χ2n) is 4.75. The van der Waals surface area contributed by atoms with Crippen LogP contribution >= 0.6 is 11.8 Å². The maximum atomic E-state index is 5.82. The van der Waals surface area contributed by atoms with Crippen molar-refractivity contribution in [2.24, 2.45) is 0 Å². The third-order valence-corrected chi connectivity index (χ3v) is 4.82. The van der Waals surface area contributed by atoms with Gasteiger partial charge in [0.2, 0.25) is 11.9 Å². The molecule has 2 unspecified atom stereocenters. The molecule has 3 heterocycles. The highest BCUT2D eigenvalue weighted by Gasteiger charge is 2.27. The summed E-state index contributed by atoms with van der Waals surface area (Å²) in [6.45, 7) is 5.32. The first kappa shape index (κ1) is 13.2. The predicted molar refractivity (Wildman–Crippen MR) is 80.1 cm³/mol. The number of aromatic nitrogens is 5. The molecule has 0 bridgehead atoms. The Hall–Kier alpha value is -1.83. The summed E-state index contributed by atoms with van der Waals surface area (Å²) < 4.78 is 1.59. The van der Waals surface area contributed by atoms with Crippen LogP contribution in [0.15, 0.2) is 18.5 Å². The maximum absolute atomic E-state index is 5.82. The molecule has 7 nitrogen and oxygen atoms in total. The fraction of sp³-hybridized carbons (Fsp3) is 0.500. The molecule has 0 spiro atoms. The summed E-state index contributed by atoms with van der Waals surface area (Å²) in [5.41, 5.74) is 5.82. The van der Waals surface area contributed by atoms with Gasteiger partial charge in [0.15, 0.2) is 0 Å². The molecule has 3 rings (SSSR count). The minimum absolute atomic E-state index is 0.221. The lowest BCUT2D eigenvalue weighted by molar-refractivity contribution is 0.608. The van der Waals surface area contributed by atoms with Crippen molar-refractivity contribution in [2.75, 3.05) is 22.9 Å². The van der Waals surface area contributed by atoms with Crippen LogP contribution in [-0.4, -0.2) is 48.3 Å². The van der Waals surface area contributed by atoms with Crippen molar-refractivity contribution in [1.82, 2.24) is 24.7 Å². The zero-order valence-corrected chi connectivity index (χ0v) is 12.3. The van der Waals surface area contributed by atoms with E-state index in [9.17, 15) is 0 Å². The Balaban J connectivity index is 1.97. The number of nitrogens with two attached hydrogens (primary N) is 1. The number of nitrogens with zero attached hydrogens (tertiary/aromatic N) is 6. The van der Waals surface area contributed by atoms with Crippen LogP contribution in [0, 0.1) is 0 Å². The summed E-state index contributed by atoms with van der Waals surface area (Å²) in [6, 6.07) is 2.18. The van der Waals surface area contributed by atoms with E-state index in [1.165, 1.54) is 0 Å². The van der Waals surface area contributed by atoms with Crippen molar-refractivity contribution < 1.29 is 0 Å². The smallest absolute Gasteiger partial charge is 0.257 e. The van der Waals surface area contributed by atoms with Gasteiger partial charge >= 0.3 is 0 Å². The first-order chi connectivity index (χ1) is 9.65. The third-order valence-electron chi connectivity index (χ3n) is 3.48. The normalized spacial score (nSPS) is 23.0. The number of anilines is 2. The molecule has 2 atom stereocenters. The number of hydrogen-bond acceptors (Lipinski definition) is 7. The van der Waals surface area contributed by atoms with Gasteiger partial charge in [0.1, 0.15) is 0 Å². The van der Waals surface area contributed by atoms with E-state index < -0.39 is 0 Å². The molecule has 0 aromatic carbocycles. The van der Waals surface area contributed by atoms with Gasteiger partial charge in [0.05, 0.1) is 0 Å². The fourth-order valence-electron chi connectivity index (χ4n) is 2.20. The number of hydrogen-bond donors (Lipinski definition) is 1. The van der Waals surface area contributed by atoms with E-state index in [-0.39, 0.29) is 5.95 Å². The van der Waals surface area contributed by atoms with Crippen LogP contribution in [0.5, 0.6) is 0 Å². The van der Waals surface area contributed by atoms with Crippen molar-refractivity contribution in [2.45, 2.75) is 25.1 Å². The summed E-state index contributed by atoms with van der Waals surface area (Å²) in [5, 5.41) is 4.67. The van der Waals surface area contributed by atoms with Crippen LogP contribution in [0.4, 0.5) is 11.9 Å². The van der Waals surface area contributed by atoms with E-state index in [1.54, 1.807) is 17.1 Å². The highest BCUT2D eigenvalue weighted by Crippen LogP contribution is 2.27. The van der Waals surface area contributed by atoms with Crippen molar-refractivity contribution in [3.63, 3.8) is 0 Å². The minimum atomic E-state index is 0.221. The average Bonchev–Trinajstić information content (AvgIpc) is 2.95. The average molecular weight is 291 g/mol. The lowest BCUT2D eigenvalue weighted by Crippen LogP contribution is -2.45. The van der Waals surface area contributed by atoms with Gasteiger partial charge in [-0.15, -0.1) is 0 Å². The standard InChI is InChI=1S/C12H17N7S/c1-8-9(2)20-7-6-18(8)11-15-10(13)16-12(17-11)19-5-3-4-14-19/h3-5,8-9H,6-7H2,1-2H3,(H2,13,15,16,17). The number of thioether (sulfide) groups is 1. The Bertz CT molecular complexity index is 585. The Morgan fingerprint density at radius 3 is 2.80 bits per heavy atom. The van der Waals surface area contributed by atoms with Gasteiger partial charge in [-0.1, -0.05) is 6.92 Å². The Morgan fingerprint density at radius 1 is 1.25 bits per heavy atom. The molecule has 20 heavy (non-hydrogen) atoms. The summed E-state index contributed by atoms with van der Waals surface area (Å²) in [5.74, 6) is 2.37. The molecule has 1 aliphatic heterocycles. The zero-order valence-electron chi connectivity index (χ0n) is 11.5. The largest absolute Gasteiger partial charge is 0.368 e. The van der Waals surface area contributed by atoms with Crippen LogP contribution in [-0.2, 0) is 0 Å². The monoisotopic (exact) mass is 291 g/mol. The first-order valence-electron chi connectivity index (χ1n) is 6.55. The second kappa shape index (κ2) is 5.28. The molecule has 1 aliphatic rings. The van der Waals surface area contributed by atoms with Gasteiger partial charge in [0, 0.05) is 36.0 Å². The van der Waals surface area contributed by atoms with Crippen LogP contribution in [0.1, 0.15) is 13.8 Å². The maximum Gasteiger partial charge on any atom is 0.257 e.